The van der Waals surface area contributed by atoms with Crippen molar-refractivity contribution in [3.63, 3.8) is 0 Å². The molecule has 2 aromatic carbocycles. The second-order valence-corrected chi connectivity index (χ2v) is 7.11. The van der Waals surface area contributed by atoms with E-state index < -0.39 is 0 Å². The first-order chi connectivity index (χ1) is 13.1. The van der Waals surface area contributed by atoms with Gasteiger partial charge in [-0.3, -0.25) is 0 Å². The summed E-state index contributed by atoms with van der Waals surface area (Å²) in [4.78, 5) is 0. The molecular formula is C21H21FN2O2S. The van der Waals surface area contributed by atoms with Gasteiger partial charge in [0, 0.05) is 11.3 Å². The summed E-state index contributed by atoms with van der Waals surface area (Å²) in [5, 5.41) is 7.17. The molecule has 27 heavy (non-hydrogen) atoms. The smallest absolute Gasteiger partial charge is 0.171 e. The van der Waals surface area contributed by atoms with Crippen molar-refractivity contribution in [3.05, 3.63) is 64.5 Å². The first-order valence-corrected chi connectivity index (χ1v) is 9.33. The lowest BCUT2D eigenvalue weighted by molar-refractivity contribution is 0.354. The molecule has 0 amide bonds. The van der Waals surface area contributed by atoms with Crippen LogP contribution in [-0.4, -0.2) is 19.3 Å². The molecule has 2 aromatic rings. The molecule has 2 N–H and O–H groups in total. The van der Waals surface area contributed by atoms with E-state index in [4.69, 9.17) is 21.7 Å². The third kappa shape index (κ3) is 3.25. The van der Waals surface area contributed by atoms with E-state index in [1.54, 1.807) is 20.3 Å². The number of thiocarbonyl (C=S) groups is 1. The Labute approximate surface area is 163 Å². The number of hydrogen-bond acceptors (Lipinski definition) is 3. The Kier molecular flexibility index (Phi) is 4.74. The van der Waals surface area contributed by atoms with Crippen molar-refractivity contribution in [1.82, 2.24) is 10.6 Å². The van der Waals surface area contributed by atoms with Gasteiger partial charge in [-0.15, -0.1) is 0 Å². The zero-order chi connectivity index (χ0) is 19.0. The lowest BCUT2D eigenvalue weighted by atomic mass is 9.91. The Morgan fingerprint density at radius 2 is 1.85 bits per heavy atom. The average Bonchev–Trinajstić information content (AvgIpc) is 2.86. The van der Waals surface area contributed by atoms with Gasteiger partial charge < -0.3 is 20.1 Å². The second kappa shape index (κ2) is 7.19. The maximum atomic E-state index is 14.0. The highest BCUT2D eigenvalue weighted by Crippen LogP contribution is 2.40. The summed E-state index contributed by atoms with van der Waals surface area (Å²) in [7, 11) is 3.24. The minimum absolute atomic E-state index is 0.0947. The van der Waals surface area contributed by atoms with Crippen LogP contribution >= 0.6 is 12.2 Å². The van der Waals surface area contributed by atoms with Gasteiger partial charge in [-0.25, -0.2) is 4.39 Å². The Bertz CT molecular complexity index is 942. The summed E-state index contributed by atoms with van der Waals surface area (Å²) >= 11 is 5.46. The van der Waals surface area contributed by atoms with Crippen molar-refractivity contribution in [1.29, 1.82) is 0 Å². The van der Waals surface area contributed by atoms with Crippen molar-refractivity contribution in [2.75, 3.05) is 14.2 Å². The predicted molar refractivity (Wildman–Crippen MR) is 107 cm³/mol. The third-order valence-electron chi connectivity index (χ3n) is 5.16. The molecule has 0 bridgehead atoms. The van der Waals surface area contributed by atoms with Crippen molar-refractivity contribution < 1.29 is 13.9 Å². The van der Waals surface area contributed by atoms with Gasteiger partial charge in [0.05, 0.1) is 20.3 Å². The zero-order valence-electron chi connectivity index (χ0n) is 15.3. The number of halogens is 1. The minimum atomic E-state index is -0.239. The van der Waals surface area contributed by atoms with E-state index in [-0.39, 0.29) is 11.9 Å². The van der Waals surface area contributed by atoms with Gasteiger partial charge in [-0.1, -0.05) is 12.1 Å². The summed E-state index contributed by atoms with van der Waals surface area (Å²) in [5.74, 6) is 1.11. The van der Waals surface area contributed by atoms with Crippen molar-refractivity contribution >= 4 is 23.0 Å². The number of aryl methyl sites for hydroxylation is 1. The average molecular weight is 384 g/mol. The Morgan fingerprint density at radius 3 is 2.63 bits per heavy atom. The summed E-state index contributed by atoms with van der Waals surface area (Å²) in [5.41, 5.74) is 5.18. The summed E-state index contributed by atoms with van der Waals surface area (Å²) in [6.07, 6.45) is 2.81. The van der Waals surface area contributed by atoms with Gasteiger partial charge in [-0.2, -0.15) is 0 Å². The van der Waals surface area contributed by atoms with Crippen molar-refractivity contribution in [2.45, 2.75) is 25.3 Å². The lowest BCUT2D eigenvalue weighted by Gasteiger charge is -2.32. The second-order valence-electron chi connectivity index (χ2n) is 6.70. The van der Waals surface area contributed by atoms with E-state index in [0.717, 1.165) is 41.6 Å². The standard InChI is InChI=1S/C21H21FN2O2S/c1-25-17-9-7-13(10-18(17)26-2)19-15-5-3-4-12-6-8-14(22)11-16(12)20(15)24-21(27)23-19/h6-11,19H,3-5H2,1-2H3,(H2,23,24,27). The van der Waals surface area contributed by atoms with Gasteiger partial charge in [0.1, 0.15) is 5.82 Å². The molecule has 4 nitrogen and oxygen atoms in total. The maximum absolute atomic E-state index is 14.0. The number of fused-ring (bicyclic) bond motifs is 2. The first-order valence-electron chi connectivity index (χ1n) is 8.92. The normalized spacial score (nSPS) is 18.6. The van der Waals surface area contributed by atoms with E-state index in [1.165, 1.54) is 11.6 Å². The van der Waals surface area contributed by atoms with Crippen LogP contribution in [0, 0.1) is 5.82 Å². The molecule has 1 aliphatic heterocycles. The fraction of sp³-hybridized carbons (Fsp3) is 0.286. The molecule has 1 atom stereocenters. The van der Waals surface area contributed by atoms with Gasteiger partial charge in [0.25, 0.3) is 0 Å². The molecular weight excluding hydrogens is 363 g/mol. The molecule has 0 saturated heterocycles. The van der Waals surface area contributed by atoms with E-state index >= 15 is 0 Å². The molecule has 0 spiro atoms. The topological polar surface area (TPSA) is 42.5 Å². The highest BCUT2D eigenvalue weighted by atomic mass is 32.1. The molecule has 0 saturated carbocycles. The van der Waals surface area contributed by atoms with Gasteiger partial charge in [-0.05, 0) is 72.4 Å². The highest BCUT2D eigenvalue weighted by molar-refractivity contribution is 7.80. The number of rotatable bonds is 3. The molecule has 1 aliphatic carbocycles. The van der Waals surface area contributed by atoms with Crippen LogP contribution in [-0.2, 0) is 6.42 Å². The van der Waals surface area contributed by atoms with Gasteiger partial charge >= 0.3 is 0 Å². The van der Waals surface area contributed by atoms with Crippen LogP contribution in [0.2, 0.25) is 0 Å². The molecule has 0 aromatic heterocycles. The van der Waals surface area contributed by atoms with Gasteiger partial charge in [0.15, 0.2) is 16.6 Å². The fourth-order valence-corrected chi connectivity index (χ4v) is 4.11. The maximum Gasteiger partial charge on any atom is 0.171 e. The van der Waals surface area contributed by atoms with Crippen LogP contribution in [0.15, 0.2) is 42.0 Å². The molecule has 2 aliphatic rings. The number of hydrogen-bond donors (Lipinski definition) is 2. The molecule has 4 rings (SSSR count). The Morgan fingerprint density at radius 1 is 1.04 bits per heavy atom. The van der Waals surface area contributed by atoms with Crippen LogP contribution < -0.4 is 20.1 Å². The van der Waals surface area contributed by atoms with Gasteiger partial charge in [0.2, 0.25) is 0 Å². The molecule has 0 fully saturated rings. The zero-order valence-corrected chi connectivity index (χ0v) is 16.1. The highest BCUT2D eigenvalue weighted by Gasteiger charge is 2.30. The lowest BCUT2D eigenvalue weighted by Crippen LogP contribution is -2.43. The van der Waals surface area contributed by atoms with E-state index in [2.05, 4.69) is 10.6 Å². The van der Waals surface area contributed by atoms with Crippen LogP contribution in [0.4, 0.5) is 4.39 Å². The third-order valence-corrected chi connectivity index (χ3v) is 5.38. The molecule has 140 valence electrons. The molecule has 1 unspecified atom stereocenters. The minimum Gasteiger partial charge on any atom is -0.493 e. The van der Waals surface area contributed by atoms with Crippen LogP contribution in [0.3, 0.4) is 0 Å². The van der Waals surface area contributed by atoms with E-state index in [0.29, 0.717) is 16.6 Å². The molecule has 6 heteroatoms. The fourth-order valence-electron chi connectivity index (χ4n) is 3.89. The monoisotopic (exact) mass is 384 g/mol. The number of nitrogens with one attached hydrogen (secondary N) is 2. The Hall–Kier alpha value is -2.60. The molecule has 0 radical (unpaired) electrons. The van der Waals surface area contributed by atoms with Crippen molar-refractivity contribution in [2.24, 2.45) is 0 Å². The Balaban J connectivity index is 1.85. The number of methoxy groups -OCH3 is 2. The van der Waals surface area contributed by atoms with Crippen LogP contribution in [0.1, 0.15) is 35.6 Å². The summed E-state index contributed by atoms with van der Waals surface area (Å²) < 4.78 is 24.8. The summed E-state index contributed by atoms with van der Waals surface area (Å²) in [6.45, 7) is 0. The predicted octanol–water partition coefficient (Wildman–Crippen LogP) is 4.11. The first kappa shape index (κ1) is 17.8. The molecule has 1 heterocycles. The SMILES string of the molecule is COc1ccc(C2NC(=S)NC3=C2CCCc2ccc(F)cc23)cc1OC. The quantitative estimate of drug-likeness (QED) is 0.780. The van der Waals surface area contributed by atoms with E-state index in [9.17, 15) is 4.39 Å². The van der Waals surface area contributed by atoms with Crippen molar-refractivity contribution in [3.8, 4) is 11.5 Å². The largest absolute Gasteiger partial charge is 0.493 e. The number of benzene rings is 2. The van der Waals surface area contributed by atoms with E-state index in [1.807, 2.05) is 24.3 Å². The van der Waals surface area contributed by atoms with Crippen LogP contribution in [0.5, 0.6) is 11.5 Å². The summed E-state index contributed by atoms with van der Waals surface area (Å²) in [6, 6.07) is 10.8. The van der Waals surface area contributed by atoms with Crippen LogP contribution in [0.25, 0.3) is 5.70 Å². The number of ether oxygens (including phenoxy) is 2.